The van der Waals surface area contributed by atoms with Gasteiger partial charge in [-0.05, 0) is 12.0 Å². The molecule has 0 bridgehead atoms. The predicted octanol–water partition coefficient (Wildman–Crippen LogP) is 0.594. The second-order valence-corrected chi connectivity index (χ2v) is 8.31. The molecule has 1 aliphatic heterocycles. The van der Waals surface area contributed by atoms with Gasteiger partial charge < -0.3 is 14.7 Å². The van der Waals surface area contributed by atoms with Crippen molar-refractivity contribution in [2.24, 2.45) is 5.92 Å². The molecule has 1 atom stereocenters. The largest absolute Gasteiger partial charge is 0.481 e. The summed E-state index contributed by atoms with van der Waals surface area (Å²) in [6.45, 7) is 1.84. The molecule has 138 valence electrons. The summed E-state index contributed by atoms with van der Waals surface area (Å²) in [5.74, 6) is -3.20. The Labute approximate surface area is 147 Å². The smallest absolute Gasteiger partial charge is 0.307 e. The fourth-order valence-electron chi connectivity index (χ4n) is 2.72. The van der Waals surface area contributed by atoms with Crippen molar-refractivity contribution >= 4 is 21.7 Å². The molecule has 2 rings (SSSR count). The van der Waals surface area contributed by atoms with Gasteiger partial charge in [0.25, 0.3) is 0 Å². The summed E-state index contributed by atoms with van der Waals surface area (Å²) in [5.41, 5.74) is 0.773. The molecule has 1 aromatic rings. The minimum Gasteiger partial charge on any atom is -0.481 e. The Balaban J connectivity index is 1.90. The molecule has 0 aromatic heterocycles. The van der Waals surface area contributed by atoms with E-state index in [-0.39, 0.29) is 24.5 Å². The maximum absolute atomic E-state index is 12.3. The summed E-state index contributed by atoms with van der Waals surface area (Å²) in [6, 6.07) is 8.91. The van der Waals surface area contributed by atoms with Crippen LogP contribution in [0.4, 0.5) is 0 Å². The summed E-state index contributed by atoms with van der Waals surface area (Å²) in [7, 11) is -3.64. The van der Waals surface area contributed by atoms with E-state index in [0.29, 0.717) is 26.3 Å². The molecule has 1 fully saturated rings. The molecule has 1 aliphatic rings. The molecule has 1 amide bonds. The van der Waals surface area contributed by atoms with Gasteiger partial charge in [0.05, 0.1) is 30.6 Å². The molecule has 8 heteroatoms. The maximum Gasteiger partial charge on any atom is 0.307 e. The monoisotopic (exact) mass is 369 g/mol. The average Bonchev–Trinajstić information content (AvgIpc) is 2.60. The molecule has 1 aromatic carbocycles. The van der Waals surface area contributed by atoms with E-state index >= 15 is 0 Å². The second-order valence-electron chi connectivity index (χ2n) is 6.08. The highest BCUT2D eigenvalue weighted by Gasteiger charge is 2.27. The van der Waals surface area contributed by atoms with Gasteiger partial charge in [-0.2, -0.15) is 0 Å². The Hall–Kier alpha value is -1.93. The van der Waals surface area contributed by atoms with E-state index in [9.17, 15) is 23.1 Å². The molecule has 1 saturated heterocycles. The Kier molecular flexibility index (Phi) is 6.95. The summed E-state index contributed by atoms with van der Waals surface area (Å²) in [4.78, 5) is 25.0. The number of carboxylic acid groups (broad SMARTS) is 1. The lowest BCUT2D eigenvalue weighted by Crippen LogP contribution is -2.41. The number of hydrogen-bond donors (Lipinski definition) is 1. The number of sulfone groups is 1. The highest BCUT2D eigenvalue weighted by Crippen LogP contribution is 2.13. The first-order valence-corrected chi connectivity index (χ1v) is 10.0. The van der Waals surface area contributed by atoms with Gasteiger partial charge in [0.15, 0.2) is 9.84 Å². The van der Waals surface area contributed by atoms with Crippen molar-refractivity contribution in [2.75, 3.05) is 37.8 Å². The number of nitrogens with zero attached hydrogens (tertiary/aromatic N) is 1. The minimum atomic E-state index is -3.64. The van der Waals surface area contributed by atoms with Crippen molar-refractivity contribution in [3.05, 3.63) is 35.9 Å². The first-order chi connectivity index (χ1) is 11.9. The number of carboxylic acids is 1. The molecular weight excluding hydrogens is 346 g/mol. The molecule has 25 heavy (non-hydrogen) atoms. The van der Waals surface area contributed by atoms with Gasteiger partial charge in [0, 0.05) is 19.5 Å². The minimum absolute atomic E-state index is 0.125. The van der Waals surface area contributed by atoms with Crippen LogP contribution in [0.3, 0.4) is 0 Å². The van der Waals surface area contributed by atoms with Gasteiger partial charge in [-0.15, -0.1) is 0 Å². The van der Waals surface area contributed by atoms with Crippen molar-refractivity contribution in [1.29, 1.82) is 0 Å². The Morgan fingerprint density at radius 3 is 2.40 bits per heavy atom. The number of hydrogen-bond acceptors (Lipinski definition) is 5. The highest BCUT2D eigenvalue weighted by atomic mass is 32.2. The molecule has 7 nitrogen and oxygen atoms in total. The molecular formula is C17H23NO6S. The zero-order valence-electron chi connectivity index (χ0n) is 14.0. The van der Waals surface area contributed by atoms with Gasteiger partial charge >= 0.3 is 5.97 Å². The third-order valence-electron chi connectivity index (χ3n) is 4.12. The molecule has 0 spiro atoms. The van der Waals surface area contributed by atoms with Gasteiger partial charge in [-0.3, -0.25) is 9.59 Å². The van der Waals surface area contributed by atoms with E-state index in [1.165, 1.54) is 0 Å². The Morgan fingerprint density at radius 1 is 1.16 bits per heavy atom. The van der Waals surface area contributed by atoms with Crippen LogP contribution in [0.25, 0.3) is 0 Å². The number of amides is 1. The molecule has 1 N–H and O–H groups in total. The zero-order valence-corrected chi connectivity index (χ0v) is 14.8. The number of aliphatic carboxylic acids is 1. The maximum atomic E-state index is 12.3. The lowest BCUT2D eigenvalue weighted by molar-refractivity contribution is -0.141. The standard InChI is InChI=1S/C17H23NO6S/c19-16(18-7-9-24-10-8-18)6-11-25(22,23)13-15(17(20)21)12-14-4-2-1-3-5-14/h1-5,15H,6-13H2,(H,20,21). The van der Waals surface area contributed by atoms with Crippen LogP contribution in [0.2, 0.25) is 0 Å². The normalized spacial score (nSPS) is 16.4. The summed E-state index contributed by atoms with van der Waals surface area (Å²) < 4.78 is 29.7. The van der Waals surface area contributed by atoms with Crippen molar-refractivity contribution in [1.82, 2.24) is 4.90 Å². The van der Waals surface area contributed by atoms with Crippen LogP contribution in [0.1, 0.15) is 12.0 Å². The van der Waals surface area contributed by atoms with E-state index < -0.39 is 27.5 Å². The zero-order chi connectivity index (χ0) is 18.3. The number of rotatable bonds is 8. The van der Waals surface area contributed by atoms with Crippen LogP contribution in [0, 0.1) is 5.92 Å². The number of carbonyl (C=O) groups excluding carboxylic acids is 1. The van der Waals surface area contributed by atoms with Gasteiger partial charge in [-0.1, -0.05) is 30.3 Å². The average molecular weight is 369 g/mol. The van der Waals surface area contributed by atoms with E-state index in [0.717, 1.165) is 5.56 Å². The van der Waals surface area contributed by atoms with E-state index in [2.05, 4.69) is 0 Å². The van der Waals surface area contributed by atoms with Crippen LogP contribution in [-0.2, 0) is 30.6 Å². The highest BCUT2D eigenvalue weighted by molar-refractivity contribution is 7.91. The lowest BCUT2D eigenvalue weighted by atomic mass is 10.0. The Morgan fingerprint density at radius 2 is 1.80 bits per heavy atom. The first kappa shape index (κ1) is 19.4. The fraction of sp³-hybridized carbons (Fsp3) is 0.529. The van der Waals surface area contributed by atoms with Crippen LogP contribution >= 0.6 is 0 Å². The quantitative estimate of drug-likeness (QED) is 0.720. The van der Waals surface area contributed by atoms with Crippen molar-refractivity contribution < 1.29 is 27.9 Å². The number of ether oxygens (including phenoxy) is 1. The van der Waals surface area contributed by atoms with Crippen molar-refractivity contribution in [2.45, 2.75) is 12.8 Å². The summed E-state index contributed by atoms with van der Waals surface area (Å²) in [5, 5.41) is 9.33. The molecule has 1 heterocycles. The predicted molar refractivity (Wildman–Crippen MR) is 91.9 cm³/mol. The van der Waals surface area contributed by atoms with Crippen molar-refractivity contribution in [3.8, 4) is 0 Å². The molecule has 1 unspecified atom stereocenters. The molecule has 0 saturated carbocycles. The van der Waals surface area contributed by atoms with Gasteiger partial charge in [0.2, 0.25) is 5.91 Å². The lowest BCUT2D eigenvalue weighted by Gasteiger charge is -2.26. The third-order valence-corrected chi connectivity index (χ3v) is 5.86. The van der Waals surface area contributed by atoms with Crippen LogP contribution in [0.15, 0.2) is 30.3 Å². The number of carbonyl (C=O) groups is 2. The summed E-state index contributed by atoms with van der Waals surface area (Å²) in [6.07, 6.45) is 0.0207. The van der Waals surface area contributed by atoms with Crippen LogP contribution in [0.5, 0.6) is 0 Å². The fourth-order valence-corrected chi connectivity index (χ4v) is 4.25. The second kappa shape index (κ2) is 8.96. The SMILES string of the molecule is O=C(O)C(Cc1ccccc1)CS(=O)(=O)CCC(=O)N1CCOCC1. The van der Waals surface area contributed by atoms with E-state index in [1.807, 2.05) is 6.07 Å². The van der Waals surface area contributed by atoms with Gasteiger partial charge in [0.1, 0.15) is 0 Å². The first-order valence-electron chi connectivity index (χ1n) is 8.20. The Bertz CT molecular complexity index is 682. The third kappa shape index (κ3) is 6.47. The molecule has 0 radical (unpaired) electrons. The number of morpholine rings is 1. The molecule has 0 aliphatic carbocycles. The summed E-state index contributed by atoms with van der Waals surface area (Å²) >= 11 is 0. The van der Waals surface area contributed by atoms with Crippen LogP contribution < -0.4 is 0 Å². The van der Waals surface area contributed by atoms with E-state index in [4.69, 9.17) is 4.74 Å². The van der Waals surface area contributed by atoms with Crippen LogP contribution in [-0.4, -0.2) is 68.1 Å². The van der Waals surface area contributed by atoms with E-state index in [1.54, 1.807) is 29.2 Å². The van der Waals surface area contributed by atoms with Crippen molar-refractivity contribution in [3.63, 3.8) is 0 Å². The van der Waals surface area contributed by atoms with Gasteiger partial charge in [-0.25, -0.2) is 8.42 Å². The topological polar surface area (TPSA) is 101 Å². The number of benzene rings is 1.